The van der Waals surface area contributed by atoms with E-state index in [1.165, 1.54) is 17.4 Å². The minimum absolute atomic E-state index is 0.0725. The molecule has 0 aliphatic rings. The molecule has 2 aromatic carbocycles. The van der Waals surface area contributed by atoms with Crippen LogP contribution in [0.5, 0.6) is 0 Å². The number of aryl methyl sites for hydroxylation is 1. The largest absolute Gasteiger partial charge is 0.469 e. The number of rotatable bonds is 8. The van der Waals surface area contributed by atoms with Crippen LogP contribution in [0.4, 0.5) is 0 Å². The third-order valence-electron chi connectivity index (χ3n) is 5.29. The van der Waals surface area contributed by atoms with E-state index in [2.05, 4.69) is 31.2 Å². The Labute approximate surface area is 176 Å². The Kier molecular flexibility index (Phi) is 6.14. The summed E-state index contributed by atoms with van der Waals surface area (Å²) in [5.41, 5.74) is 3.48. The van der Waals surface area contributed by atoms with Crippen molar-refractivity contribution in [3.8, 4) is 0 Å². The summed E-state index contributed by atoms with van der Waals surface area (Å²) in [4.78, 5) is 14.9. The van der Waals surface area contributed by atoms with Gasteiger partial charge in [-0.1, -0.05) is 60.2 Å². The molecule has 0 saturated carbocycles. The fourth-order valence-electron chi connectivity index (χ4n) is 3.66. The zero-order chi connectivity index (χ0) is 20.8. The van der Waals surface area contributed by atoms with Gasteiger partial charge in [-0.25, -0.2) is 0 Å². The van der Waals surface area contributed by atoms with E-state index in [-0.39, 0.29) is 11.8 Å². The molecule has 0 aliphatic carbocycles. The number of hydrogen-bond donors (Lipinski definition) is 0. The first-order valence-electron chi connectivity index (χ1n) is 10.2. The first kappa shape index (κ1) is 19.8. The van der Waals surface area contributed by atoms with Crippen LogP contribution >= 0.6 is 0 Å². The molecule has 4 aromatic rings. The van der Waals surface area contributed by atoms with Gasteiger partial charge in [0.05, 0.1) is 12.5 Å². The summed E-state index contributed by atoms with van der Waals surface area (Å²) in [6.45, 7) is 3.18. The molecule has 4 heteroatoms. The van der Waals surface area contributed by atoms with E-state index >= 15 is 0 Å². The lowest BCUT2D eigenvalue weighted by Crippen LogP contribution is -2.32. The molecule has 0 radical (unpaired) electrons. The number of hydrogen-bond acceptors (Lipinski definition) is 3. The van der Waals surface area contributed by atoms with Crippen molar-refractivity contribution in [2.45, 2.75) is 25.8 Å². The monoisotopic (exact) mass is 399 g/mol. The Hall–Kier alpha value is -3.53. The van der Waals surface area contributed by atoms with E-state index in [9.17, 15) is 4.79 Å². The van der Waals surface area contributed by atoms with E-state index in [0.717, 1.165) is 17.7 Å². The minimum Gasteiger partial charge on any atom is -0.469 e. The van der Waals surface area contributed by atoms with Crippen LogP contribution in [0.3, 0.4) is 0 Å². The number of carbonyl (C=O) groups is 1. The van der Waals surface area contributed by atoms with Crippen LogP contribution in [0.15, 0.2) is 100 Å². The third-order valence-corrected chi connectivity index (χ3v) is 5.29. The van der Waals surface area contributed by atoms with Crippen molar-refractivity contribution in [1.29, 1.82) is 0 Å². The molecule has 1 atom stereocenters. The summed E-state index contributed by atoms with van der Waals surface area (Å²) in [6, 6.07) is 25.9. The Morgan fingerprint density at radius 3 is 2.27 bits per heavy atom. The molecule has 0 bridgehead atoms. The highest BCUT2D eigenvalue weighted by Crippen LogP contribution is 2.29. The molecular weight excluding hydrogens is 374 g/mol. The summed E-state index contributed by atoms with van der Waals surface area (Å²) in [6.07, 6.45) is 3.98. The van der Waals surface area contributed by atoms with Crippen molar-refractivity contribution < 1.29 is 13.6 Å². The second kappa shape index (κ2) is 9.31. The van der Waals surface area contributed by atoms with Crippen LogP contribution in [0, 0.1) is 6.92 Å². The first-order valence-corrected chi connectivity index (χ1v) is 10.2. The van der Waals surface area contributed by atoms with Crippen LogP contribution in [0.2, 0.25) is 0 Å². The van der Waals surface area contributed by atoms with Gasteiger partial charge in [-0.2, -0.15) is 0 Å². The predicted molar refractivity (Wildman–Crippen MR) is 116 cm³/mol. The van der Waals surface area contributed by atoms with Gasteiger partial charge in [0.25, 0.3) is 5.91 Å². The van der Waals surface area contributed by atoms with Gasteiger partial charge in [0.15, 0.2) is 5.76 Å². The molecule has 1 amide bonds. The Morgan fingerprint density at radius 1 is 0.867 bits per heavy atom. The lowest BCUT2D eigenvalue weighted by atomic mass is 9.92. The summed E-state index contributed by atoms with van der Waals surface area (Å²) < 4.78 is 11.1. The van der Waals surface area contributed by atoms with E-state index in [1.807, 2.05) is 47.4 Å². The zero-order valence-electron chi connectivity index (χ0n) is 17.0. The Morgan fingerprint density at radius 2 is 1.60 bits per heavy atom. The average molecular weight is 399 g/mol. The molecule has 0 saturated heterocycles. The molecule has 30 heavy (non-hydrogen) atoms. The van der Waals surface area contributed by atoms with Crippen LogP contribution in [-0.2, 0) is 6.54 Å². The molecule has 0 spiro atoms. The Balaban J connectivity index is 1.57. The molecule has 0 fully saturated rings. The van der Waals surface area contributed by atoms with Crippen LogP contribution in [0.25, 0.3) is 0 Å². The number of furan rings is 2. The topological polar surface area (TPSA) is 46.6 Å². The van der Waals surface area contributed by atoms with Crippen molar-refractivity contribution in [2.75, 3.05) is 6.54 Å². The second-order valence-electron chi connectivity index (χ2n) is 7.46. The second-order valence-corrected chi connectivity index (χ2v) is 7.46. The van der Waals surface area contributed by atoms with E-state index in [1.54, 1.807) is 18.4 Å². The van der Waals surface area contributed by atoms with E-state index in [4.69, 9.17) is 8.83 Å². The molecule has 4 nitrogen and oxygen atoms in total. The normalized spacial score (nSPS) is 11.9. The third kappa shape index (κ3) is 4.71. The van der Waals surface area contributed by atoms with E-state index < -0.39 is 0 Å². The molecule has 0 N–H and O–H groups in total. The van der Waals surface area contributed by atoms with E-state index in [0.29, 0.717) is 18.8 Å². The molecule has 0 unspecified atom stereocenters. The fourth-order valence-corrected chi connectivity index (χ4v) is 3.66. The fraction of sp³-hybridized carbons (Fsp3) is 0.192. The summed E-state index contributed by atoms with van der Waals surface area (Å²) in [7, 11) is 0. The van der Waals surface area contributed by atoms with Crippen LogP contribution in [-0.4, -0.2) is 17.4 Å². The number of amides is 1. The first-order chi connectivity index (χ1) is 14.7. The lowest BCUT2D eigenvalue weighted by molar-refractivity contribution is 0.0706. The highest BCUT2D eigenvalue weighted by Gasteiger charge is 2.23. The van der Waals surface area contributed by atoms with Gasteiger partial charge in [0, 0.05) is 19.0 Å². The van der Waals surface area contributed by atoms with Crippen molar-refractivity contribution in [1.82, 2.24) is 4.90 Å². The molecule has 4 rings (SSSR count). The standard InChI is InChI=1S/C26H25NO3/c1-20-11-13-22(14-12-20)23(24-9-5-17-29-24)15-16-27(19-21-7-3-2-4-8-21)26(28)25-10-6-18-30-25/h2-14,17-18,23H,15-16,19H2,1H3/t23-/m0/s1. The lowest BCUT2D eigenvalue weighted by Gasteiger charge is -2.24. The zero-order valence-corrected chi connectivity index (χ0v) is 17.0. The number of benzene rings is 2. The van der Waals surface area contributed by atoms with Gasteiger partial charge >= 0.3 is 0 Å². The van der Waals surface area contributed by atoms with Crippen molar-refractivity contribution in [3.63, 3.8) is 0 Å². The Bertz CT molecular complexity index is 1040. The highest BCUT2D eigenvalue weighted by molar-refractivity contribution is 5.91. The molecular formula is C26H25NO3. The predicted octanol–water partition coefficient (Wildman–Crippen LogP) is 6.05. The maximum atomic E-state index is 13.1. The minimum atomic E-state index is -0.106. The van der Waals surface area contributed by atoms with Crippen molar-refractivity contribution >= 4 is 5.91 Å². The van der Waals surface area contributed by atoms with Crippen LogP contribution in [0.1, 0.15) is 45.3 Å². The van der Waals surface area contributed by atoms with Crippen LogP contribution < -0.4 is 0 Å². The summed E-state index contributed by atoms with van der Waals surface area (Å²) >= 11 is 0. The maximum Gasteiger partial charge on any atom is 0.289 e. The van der Waals surface area contributed by atoms with Gasteiger partial charge in [-0.05, 0) is 48.7 Å². The maximum absolute atomic E-state index is 13.1. The highest BCUT2D eigenvalue weighted by atomic mass is 16.3. The summed E-state index contributed by atoms with van der Waals surface area (Å²) in [5.74, 6) is 1.23. The molecule has 2 aromatic heterocycles. The average Bonchev–Trinajstić information content (AvgIpc) is 3.49. The summed E-state index contributed by atoms with van der Waals surface area (Å²) in [5, 5.41) is 0. The quantitative estimate of drug-likeness (QED) is 0.362. The molecule has 0 aliphatic heterocycles. The number of carbonyl (C=O) groups excluding carboxylic acids is 1. The van der Waals surface area contributed by atoms with Crippen molar-refractivity contribution in [3.05, 3.63) is 120 Å². The van der Waals surface area contributed by atoms with Crippen molar-refractivity contribution in [2.24, 2.45) is 0 Å². The van der Waals surface area contributed by atoms with Gasteiger partial charge in [-0.15, -0.1) is 0 Å². The molecule has 2 heterocycles. The number of nitrogens with zero attached hydrogens (tertiary/aromatic N) is 1. The van der Waals surface area contributed by atoms with Gasteiger partial charge in [0.1, 0.15) is 5.76 Å². The smallest absolute Gasteiger partial charge is 0.289 e. The SMILES string of the molecule is Cc1ccc([C@H](CCN(Cc2ccccc2)C(=O)c2ccco2)c2ccco2)cc1. The van der Waals surface area contributed by atoms with Gasteiger partial charge < -0.3 is 13.7 Å². The van der Waals surface area contributed by atoms with Gasteiger partial charge in [0.2, 0.25) is 0 Å². The van der Waals surface area contributed by atoms with Gasteiger partial charge in [-0.3, -0.25) is 4.79 Å². The molecule has 152 valence electrons.